The Kier molecular flexibility index (Phi) is 7.15. The molecule has 0 radical (unpaired) electrons. The van der Waals surface area contributed by atoms with Gasteiger partial charge in [0, 0.05) is 39.5 Å². The van der Waals surface area contributed by atoms with Crippen molar-refractivity contribution in [3.8, 4) is 0 Å². The van der Waals surface area contributed by atoms with Gasteiger partial charge in [0.2, 0.25) is 0 Å². The lowest BCUT2D eigenvalue weighted by Crippen LogP contribution is -2.14. The molecule has 38 heavy (non-hydrogen) atoms. The topological polar surface area (TPSA) is 6.48 Å². The summed E-state index contributed by atoms with van der Waals surface area (Å²) in [5.41, 5.74) is 9.14. The van der Waals surface area contributed by atoms with Crippen molar-refractivity contribution < 1.29 is 0 Å². The Labute approximate surface area is 227 Å². The molecule has 0 saturated carbocycles. The highest BCUT2D eigenvalue weighted by Gasteiger charge is 2.18. The predicted octanol–water partition coefficient (Wildman–Crippen LogP) is 10.4. The molecule has 0 fully saturated rings. The van der Waals surface area contributed by atoms with Crippen LogP contribution in [0.2, 0.25) is 0 Å². The maximum atomic E-state index is 4.02. The average Bonchev–Trinajstić information content (AvgIpc) is 2.97. The van der Waals surface area contributed by atoms with E-state index < -0.39 is 0 Å². The summed E-state index contributed by atoms with van der Waals surface area (Å²) in [7, 11) is 0. The summed E-state index contributed by atoms with van der Waals surface area (Å²) in [6, 6.07) is 47.3. The third kappa shape index (κ3) is 5.26. The molecule has 0 aliphatic rings. The second-order valence-electron chi connectivity index (χ2n) is 10.2. The molecule has 0 aromatic heterocycles. The highest BCUT2D eigenvalue weighted by atomic mass is 15.2. The van der Waals surface area contributed by atoms with Gasteiger partial charge in [0.1, 0.15) is 0 Å². The lowest BCUT2D eigenvalue weighted by atomic mass is 9.85. The summed E-state index contributed by atoms with van der Waals surface area (Å²) in [5.74, 6) is 0. The maximum absolute atomic E-state index is 4.02. The zero-order chi connectivity index (χ0) is 26.5. The van der Waals surface area contributed by atoms with Gasteiger partial charge in [0.25, 0.3) is 0 Å². The molecule has 2 nitrogen and oxygen atoms in total. The predicted molar refractivity (Wildman–Crippen MR) is 164 cm³/mol. The molecule has 0 atom stereocenters. The highest BCUT2D eigenvalue weighted by molar-refractivity contribution is 5.81. The summed E-state index contributed by atoms with van der Waals surface area (Å²) in [6.45, 7) is 10.5. The highest BCUT2D eigenvalue weighted by Crippen LogP contribution is 2.39. The van der Waals surface area contributed by atoms with Crippen LogP contribution in [0.5, 0.6) is 0 Å². The first-order chi connectivity index (χ1) is 18.5. The number of rotatable bonds is 8. The molecular formula is C36H34N2. The molecule has 0 aliphatic carbocycles. The van der Waals surface area contributed by atoms with Crippen LogP contribution in [0, 0.1) is 6.92 Å². The lowest BCUT2D eigenvalue weighted by Gasteiger charge is -2.29. The fourth-order valence-corrected chi connectivity index (χ4v) is 4.65. The smallest absolute Gasteiger partial charge is 0.0463 e. The van der Waals surface area contributed by atoms with Crippen LogP contribution in [-0.4, -0.2) is 0 Å². The Balaban J connectivity index is 1.55. The minimum absolute atomic E-state index is 0.0748. The van der Waals surface area contributed by atoms with E-state index in [0.717, 1.165) is 34.1 Å². The van der Waals surface area contributed by atoms with Crippen molar-refractivity contribution in [1.29, 1.82) is 0 Å². The molecule has 0 saturated heterocycles. The third-order valence-corrected chi connectivity index (χ3v) is 7.07. The number of hydrogen-bond acceptors (Lipinski definition) is 2. The van der Waals surface area contributed by atoms with E-state index in [4.69, 9.17) is 0 Å². The Bertz CT molecular complexity index is 1470. The lowest BCUT2D eigenvalue weighted by molar-refractivity contribution is 0.672. The van der Waals surface area contributed by atoms with E-state index in [9.17, 15) is 0 Å². The Morgan fingerprint density at radius 3 is 1.16 bits per heavy atom. The Hall–Kier alpha value is -4.56. The van der Waals surface area contributed by atoms with E-state index >= 15 is 0 Å². The Morgan fingerprint density at radius 2 is 0.789 bits per heavy atom. The van der Waals surface area contributed by atoms with Crippen molar-refractivity contribution >= 4 is 34.1 Å². The number of nitrogens with zero attached hydrogens (tertiary/aromatic N) is 2. The van der Waals surface area contributed by atoms with E-state index in [1.54, 1.807) is 0 Å². The van der Waals surface area contributed by atoms with Gasteiger partial charge in [-0.3, -0.25) is 0 Å². The van der Waals surface area contributed by atoms with Crippen molar-refractivity contribution in [1.82, 2.24) is 0 Å². The molecule has 0 unspecified atom stereocenters. The van der Waals surface area contributed by atoms with Crippen molar-refractivity contribution in [3.63, 3.8) is 0 Å². The molecule has 0 amide bonds. The van der Waals surface area contributed by atoms with Crippen LogP contribution in [0.3, 0.4) is 0 Å². The molecule has 5 aromatic rings. The van der Waals surface area contributed by atoms with Gasteiger partial charge in [-0.1, -0.05) is 86.2 Å². The summed E-state index contributed by atoms with van der Waals surface area (Å²) < 4.78 is 0. The van der Waals surface area contributed by atoms with Crippen LogP contribution >= 0.6 is 0 Å². The first-order valence-electron chi connectivity index (χ1n) is 13.1. The SMILES string of the molecule is C=CC(C)(C)c1ccc(N(c2ccccc2)c2ccc(N(c3ccccc3)c3ccc(C)cc3)cc2)cc1. The quantitative estimate of drug-likeness (QED) is 0.198. The molecule has 0 heterocycles. The summed E-state index contributed by atoms with van der Waals surface area (Å²) in [5, 5.41) is 0. The molecule has 2 heteroatoms. The van der Waals surface area contributed by atoms with E-state index in [1.165, 1.54) is 11.1 Å². The van der Waals surface area contributed by atoms with Crippen molar-refractivity contribution in [3.05, 3.63) is 157 Å². The van der Waals surface area contributed by atoms with Crippen LogP contribution in [0.1, 0.15) is 25.0 Å². The fraction of sp³-hybridized carbons (Fsp3) is 0.111. The molecule has 0 N–H and O–H groups in total. The van der Waals surface area contributed by atoms with Gasteiger partial charge >= 0.3 is 0 Å². The van der Waals surface area contributed by atoms with Crippen LogP contribution in [-0.2, 0) is 5.41 Å². The van der Waals surface area contributed by atoms with Gasteiger partial charge in [-0.25, -0.2) is 0 Å². The summed E-state index contributed by atoms with van der Waals surface area (Å²) in [6.07, 6.45) is 2.00. The number of benzene rings is 5. The molecule has 5 rings (SSSR count). The molecule has 188 valence electrons. The molecule has 0 aliphatic heterocycles. The van der Waals surface area contributed by atoms with Crippen molar-refractivity contribution in [2.45, 2.75) is 26.2 Å². The minimum atomic E-state index is -0.0748. The fourth-order valence-electron chi connectivity index (χ4n) is 4.65. The van der Waals surface area contributed by atoms with Gasteiger partial charge in [-0.15, -0.1) is 6.58 Å². The van der Waals surface area contributed by atoms with Crippen LogP contribution < -0.4 is 9.80 Å². The van der Waals surface area contributed by atoms with Gasteiger partial charge in [-0.05, 0) is 85.3 Å². The van der Waals surface area contributed by atoms with E-state index in [2.05, 4.69) is 171 Å². The zero-order valence-electron chi connectivity index (χ0n) is 22.4. The van der Waals surface area contributed by atoms with E-state index in [0.29, 0.717) is 0 Å². The van der Waals surface area contributed by atoms with Crippen LogP contribution in [0.25, 0.3) is 0 Å². The zero-order valence-corrected chi connectivity index (χ0v) is 22.4. The third-order valence-electron chi connectivity index (χ3n) is 7.07. The maximum Gasteiger partial charge on any atom is 0.0463 e. The van der Waals surface area contributed by atoms with Gasteiger partial charge < -0.3 is 9.80 Å². The first kappa shape index (κ1) is 25.1. The van der Waals surface area contributed by atoms with Crippen LogP contribution in [0.15, 0.2) is 146 Å². The normalized spacial score (nSPS) is 11.1. The van der Waals surface area contributed by atoms with Gasteiger partial charge in [0.05, 0.1) is 0 Å². The number of para-hydroxylation sites is 2. The molecule has 0 spiro atoms. The minimum Gasteiger partial charge on any atom is -0.311 e. The van der Waals surface area contributed by atoms with E-state index in [-0.39, 0.29) is 5.41 Å². The number of aryl methyl sites for hydroxylation is 1. The second-order valence-corrected chi connectivity index (χ2v) is 10.2. The van der Waals surface area contributed by atoms with Crippen molar-refractivity contribution in [2.75, 3.05) is 9.80 Å². The summed E-state index contributed by atoms with van der Waals surface area (Å²) >= 11 is 0. The number of hydrogen-bond donors (Lipinski definition) is 0. The van der Waals surface area contributed by atoms with Gasteiger partial charge in [-0.2, -0.15) is 0 Å². The van der Waals surface area contributed by atoms with Gasteiger partial charge in [0.15, 0.2) is 0 Å². The Morgan fingerprint density at radius 1 is 0.474 bits per heavy atom. The van der Waals surface area contributed by atoms with Crippen LogP contribution in [0.4, 0.5) is 34.1 Å². The first-order valence-corrected chi connectivity index (χ1v) is 13.1. The molecule has 0 bridgehead atoms. The monoisotopic (exact) mass is 494 g/mol. The largest absolute Gasteiger partial charge is 0.311 e. The van der Waals surface area contributed by atoms with E-state index in [1.807, 2.05) is 6.08 Å². The average molecular weight is 495 g/mol. The second kappa shape index (κ2) is 10.8. The molecule has 5 aromatic carbocycles. The standard InChI is InChI=1S/C36H34N2/c1-5-36(3,4)29-18-22-33(23-19-29)38(31-14-10-7-11-15-31)35-26-24-34(25-27-35)37(30-12-8-6-9-13-30)32-20-16-28(2)17-21-32/h5-27H,1H2,2-4H3. The number of anilines is 6. The number of allylic oxidation sites excluding steroid dienone is 1. The summed E-state index contributed by atoms with van der Waals surface area (Å²) in [4.78, 5) is 4.59. The van der Waals surface area contributed by atoms with Crippen molar-refractivity contribution in [2.24, 2.45) is 0 Å². The molecular weight excluding hydrogens is 460 g/mol.